The fourth-order valence-electron chi connectivity index (χ4n) is 4.33. The molecule has 1 amide bonds. The SMILES string of the molecule is CCCCCOC(=O)[C@@H]1[C@@H]2C=C[C@]3(CN(c4ccc(C)cc4)C(=O)[C@H]13)O2. The van der Waals surface area contributed by atoms with E-state index in [2.05, 4.69) is 6.92 Å². The van der Waals surface area contributed by atoms with Crippen molar-refractivity contribution in [2.75, 3.05) is 18.1 Å². The molecule has 4 rings (SSSR count). The first-order valence-electron chi connectivity index (χ1n) is 9.47. The first kappa shape index (κ1) is 17.3. The van der Waals surface area contributed by atoms with Crippen molar-refractivity contribution in [3.63, 3.8) is 0 Å². The maximum Gasteiger partial charge on any atom is 0.312 e. The molecule has 0 aromatic heterocycles. The van der Waals surface area contributed by atoms with Crippen LogP contribution >= 0.6 is 0 Å². The number of fused-ring (bicyclic) bond motifs is 1. The quantitative estimate of drug-likeness (QED) is 0.447. The summed E-state index contributed by atoms with van der Waals surface area (Å²) in [6, 6.07) is 7.86. The van der Waals surface area contributed by atoms with Crippen LogP contribution in [-0.4, -0.2) is 36.7 Å². The van der Waals surface area contributed by atoms with Gasteiger partial charge in [-0.15, -0.1) is 0 Å². The lowest BCUT2D eigenvalue weighted by molar-refractivity contribution is -0.152. The second-order valence-electron chi connectivity index (χ2n) is 7.53. The summed E-state index contributed by atoms with van der Waals surface area (Å²) < 4.78 is 11.6. The molecule has 5 nitrogen and oxygen atoms in total. The molecular formula is C21H25NO4. The standard InChI is InChI=1S/C21H25NO4/c1-3-4-5-12-25-20(24)17-16-10-11-21(26-16)13-22(19(23)18(17)21)15-8-6-14(2)7-9-15/h6-11,16-18H,3-5,12-13H2,1-2H3/t16-,17+,18-,21+/m0/s1. The number of benzene rings is 1. The van der Waals surface area contributed by atoms with Crippen LogP contribution in [0.5, 0.6) is 0 Å². The first-order valence-corrected chi connectivity index (χ1v) is 9.47. The zero-order valence-electron chi connectivity index (χ0n) is 15.3. The molecule has 1 aromatic carbocycles. The van der Waals surface area contributed by atoms with Crippen molar-refractivity contribution < 1.29 is 19.1 Å². The Morgan fingerprint density at radius 3 is 2.81 bits per heavy atom. The van der Waals surface area contributed by atoms with Gasteiger partial charge in [0, 0.05) is 5.69 Å². The van der Waals surface area contributed by atoms with Crippen LogP contribution in [0, 0.1) is 18.8 Å². The Labute approximate surface area is 154 Å². The molecule has 2 bridgehead atoms. The lowest BCUT2D eigenvalue weighted by atomic mass is 9.77. The van der Waals surface area contributed by atoms with Crippen molar-refractivity contribution in [3.8, 4) is 0 Å². The molecule has 3 aliphatic heterocycles. The van der Waals surface area contributed by atoms with Crippen molar-refractivity contribution in [2.24, 2.45) is 11.8 Å². The third kappa shape index (κ3) is 2.65. The summed E-state index contributed by atoms with van der Waals surface area (Å²) in [4.78, 5) is 27.6. The molecule has 26 heavy (non-hydrogen) atoms. The van der Waals surface area contributed by atoms with E-state index < -0.39 is 17.4 Å². The molecule has 0 saturated carbocycles. The lowest BCUT2D eigenvalue weighted by Crippen LogP contribution is -2.40. The normalized spacial score (nSPS) is 31.5. The summed E-state index contributed by atoms with van der Waals surface area (Å²) in [6.45, 7) is 4.99. The largest absolute Gasteiger partial charge is 0.465 e. The van der Waals surface area contributed by atoms with Crippen molar-refractivity contribution in [1.82, 2.24) is 0 Å². The van der Waals surface area contributed by atoms with Crippen LogP contribution in [-0.2, 0) is 19.1 Å². The summed E-state index contributed by atoms with van der Waals surface area (Å²) in [5.74, 6) is -1.38. The van der Waals surface area contributed by atoms with Gasteiger partial charge < -0.3 is 14.4 Å². The third-order valence-electron chi connectivity index (χ3n) is 5.71. The van der Waals surface area contributed by atoms with E-state index in [0.29, 0.717) is 13.2 Å². The molecule has 3 aliphatic rings. The maximum atomic E-state index is 13.2. The van der Waals surface area contributed by atoms with E-state index in [1.165, 1.54) is 0 Å². The van der Waals surface area contributed by atoms with E-state index in [-0.39, 0.29) is 18.0 Å². The Bertz CT molecular complexity index is 741. The maximum absolute atomic E-state index is 13.2. The predicted molar refractivity (Wildman–Crippen MR) is 97.7 cm³/mol. The first-order chi connectivity index (χ1) is 12.6. The highest BCUT2D eigenvalue weighted by molar-refractivity contribution is 6.02. The molecule has 2 saturated heterocycles. The zero-order valence-corrected chi connectivity index (χ0v) is 15.3. The Balaban J connectivity index is 1.53. The number of carbonyl (C=O) groups excluding carboxylic acids is 2. The van der Waals surface area contributed by atoms with Gasteiger partial charge in [0.1, 0.15) is 11.5 Å². The van der Waals surface area contributed by atoms with E-state index in [0.717, 1.165) is 30.5 Å². The van der Waals surface area contributed by atoms with Crippen molar-refractivity contribution in [2.45, 2.75) is 44.8 Å². The second-order valence-corrected chi connectivity index (χ2v) is 7.53. The summed E-state index contributed by atoms with van der Waals surface area (Å²) in [7, 11) is 0. The highest BCUT2D eigenvalue weighted by Crippen LogP contribution is 2.52. The number of hydrogen-bond acceptors (Lipinski definition) is 4. The molecule has 0 N–H and O–H groups in total. The summed E-state index contributed by atoms with van der Waals surface area (Å²) >= 11 is 0. The fourth-order valence-corrected chi connectivity index (χ4v) is 4.33. The predicted octanol–water partition coefficient (Wildman–Crippen LogP) is 3.01. The van der Waals surface area contributed by atoms with Crippen LogP contribution in [0.25, 0.3) is 0 Å². The number of unbranched alkanes of at least 4 members (excludes halogenated alkanes) is 2. The molecule has 1 aromatic rings. The minimum absolute atomic E-state index is 0.0452. The average molecular weight is 355 g/mol. The smallest absolute Gasteiger partial charge is 0.312 e. The number of ether oxygens (including phenoxy) is 2. The van der Waals surface area contributed by atoms with E-state index in [1.54, 1.807) is 4.90 Å². The molecule has 4 atom stereocenters. The molecule has 0 aliphatic carbocycles. The number of amides is 1. The van der Waals surface area contributed by atoms with Crippen LogP contribution in [0.4, 0.5) is 5.69 Å². The summed E-state index contributed by atoms with van der Waals surface area (Å²) in [6.07, 6.45) is 6.50. The van der Waals surface area contributed by atoms with Gasteiger partial charge in [0.05, 0.1) is 25.2 Å². The Hall–Kier alpha value is -2.14. The Kier molecular flexibility index (Phi) is 4.35. The van der Waals surface area contributed by atoms with Gasteiger partial charge in [0.15, 0.2) is 0 Å². The van der Waals surface area contributed by atoms with Gasteiger partial charge in [-0.1, -0.05) is 49.6 Å². The highest BCUT2D eigenvalue weighted by Gasteiger charge is 2.67. The van der Waals surface area contributed by atoms with Crippen LogP contribution < -0.4 is 4.90 Å². The number of rotatable bonds is 6. The lowest BCUT2D eigenvalue weighted by Gasteiger charge is -2.22. The van der Waals surface area contributed by atoms with Crippen molar-refractivity contribution >= 4 is 17.6 Å². The van der Waals surface area contributed by atoms with Gasteiger partial charge in [-0.05, 0) is 25.5 Å². The van der Waals surface area contributed by atoms with Gasteiger partial charge in [-0.25, -0.2) is 0 Å². The molecule has 0 unspecified atom stereocenters. The Morgan fingerprint density at radius 1 is 1.31 bits per heavy atom. The minimum Gasteiger partial charge on any atom is -0.465 e. The van der Waals surface area contributed by atoms with Crippen LogP contribution in [0.3, 0.4) is 0 Å². The van der Waals surface area contributed by atoms with Crippen LogP contribution in [0.2, 0.25) is 0 Å². The molecule has 1 spiro atoms. The number of esters is 1. The van der Waals surface area contributed by atoms with Gasteiger partial charge in [0.2, 0.25) is 5.91 Å². The monoisotopic (exact) mass is 355 g/mol. The number of nitrogens with zero attached hydrogens (tertiary/aromatic N) is 1. The van der Waals surface area contributed by atoms with Gasteiger partial charge in [-0.3, -0.25) is 9.59 Å². The second kappa shape index (κ2) is 6.54. The number of anilines is 1. The van der Waals surface area contributed by atoms with Crippen molar-refractivity contribution in [1.29, 1.82) is 0 Å². The van der Waals surface area contributed by atoms with Crippen LogP contribution in [0.1, 0.15) is 31.7 Å². The number of carbonyl (C=O) groups is 2. The molecular weight excluding hydrogens is 330 g/mol. The Morgan fingerprint density at radius 2 is 2.08 bits per heavy atom. The summed E-state index contributed by atoms with van der Waals surface area (Å²) in [5.41, 5.74) is 1.30. The van der Waals surface area contributed by atoms with Crippen molar-refractivity contribution in [3.05, 3.63) is 42.0 Å². The van der Waals surface area contributed by atoms with Crippen LogP contribution in [0.15, 0.2) is 36.4 Å². The molecule has 138 valence electrons. The minimum atomic E-state index is -0.695. The van der Waals surface area contributed by atoms with Gasteiger partial charge >= 0.3 is 5.97 Å². The highest BCUT2D eigenvalue weighted by atomic mass is 16.6. The van der Waals surface area contributed by atoms with Gasteiger partial charge in [-0.2, -0.15) is 0 Å². The topological polar surface area (TPSA) is 55.8 Å². The van der Waals surface area contributed by atoms with E-state index in [4.69, 9.17) is 9.47 Å². The summed E-state index contributed by atoms with van der Waals surface area (Å²) in [5, 5.41) is 0. The average Bonchev–Trinajstić information content (AvgIpc) is 3.28. The number of hydrogen-bond donors (Lipinski definition) is 0. The van der Waals surface area contributed by atoms with Gasteiger partial charge in [0.25, 0.3) is 0 Å². The third-order valence-corrected chi connectivity index (χ3v) is 5.71. The molecule has 5 heteroatoms. The number of aryl methyl sites for hydroxylation is 1. The van der Waals surface area contributed by atoms with E-state index in [9.17, 15) is 9.59 Å². The van der Waals surface area contributed by atoms with E-state index in [1.807, 2.05) is 43.3 Å². The molecule has 0 radical (unpaired) electrons. The fraction of sp³-hybridized carbons (Fsp3) is 0.524. The molecule has 3 heterocycles. The molecule has 2 fully saturated rings. The van der Waals surface area contributed by atoms with E-state index >= 15 is 0 Å². The zero-order chi connectivity index (χ0) is 18.3.